The van der Waals surface area contributed by atoms with Crippen molar-refractivity contribution < 1.29 is 14.0 Å². The lowest BCUT2D eigenvalue weighted by molar-refractivity contribution is -0.119. The molecule has 34 heteroatoms. The fourth-order valence-corrected chi connectivity index (χ4v) is 21.2. The van der Waals surface area contributed by atoms with E-state index in [1.807, 2.05) is 123 Å². The van der Waals surface area contributed by atoms with Gasteiger partial charge in [-0.15, -0.1) is 0 Å². The Morgan fingerprint density at radius 2 is 0.712 bits per heavy atom. The van der Waals surface area contributed by atoms with E-state index >= 15 is 0 Å². The zero-order valence-corrected chi connectivity index (χ0v) is 81.2. The summed E-state index contributed by atoms with van der Waals surface area (Å²) in [6, 6.07) is 51.6. The molecule has 2 saturated carbocycles. The van der Waals surface area contributed by atoms with E-state index in [0.717, 1.165) is 263 Å². The number of carbonyl (C=O) groups excluding carboxylic acids is 2. The topological polar surface area (TPSA) is 428 Å². The Labute approximate surface area is 845 Å². The Morgan fingerprint density at radius 3 is 1.10 bits per heavy atom. The molecule has 25 aromatic rings. The van der Waals surface area contributed by atoms with Crippen LogP contribution in [0.3, 0.4) is 0 Å². The van der Waals surface area contributed by atoms with Gasteiger partial charge in [0.1, 0.15) is 44.8 Å². The number of benzene rings is 5. The van der Waals surface area contributed by atoms with Crippen molar-refractivity contribution in [2.45, 2.75) is 84.3 Å². The number of anilines is 2. The Hall–Kier alpha value is -17.7. The van der Waals surface area contributed by atoms with Crippen LogP contribution in [0.2, 0.25) is 0 Å². The lowest BCUT2D eigenvalue weighted by Gasteiger charge is -2.11. The molecule has 0 saturated heterocycles. The second-order valence-electron chi connectivity index (χ2n) is 36.4. The molecule has 0 radical (unpaired) electrons. The van der Waals surface area contributed by atoms with E-state index in [1.54, 1.807) is 83.7 Å². The maximum Gasteiger partial charge on any atom is 0.227 e. The molecule has 0 aliphatic heterocycles. The van der Waals surface area contributed by atoms with Crippen LogP contribution in [0, 0.1) is 11.8 Å². The van der Waals surface area contributed by atoms with Crippen LogP contribution in [0.1, 0.15) is 81.4 Å². The molecule has 2 aliphatic carbocycles. The maximum atomic E-state index is 12.6. The van der Waals surface area contributed by atoms with Crippen LogP contribution in [0.5, 0.6) is 0 Å². The van der Waals surface area contributed by atoms with E-state index < -0.39 is 0 Å². The lowest BCUT2D eigenvalue weighted by Crippen LogP contribution is -2.20. The van der Waals surface area contributed by atoms with Gasteiger partial charge in [0.25, 0.3) is 0 Å². The number of amides is 2. The number of nitrogens with one attached hydrogen (secondary N) is 12. The van der Waals surface area contributed by atoms with Crippen molar-refractivity contribution in [2.75, 3.05) is 17.2 Å². The molecule has 27 rings (SSSR count). The van der Waals surface area contributed by atoms with Gasteiger partial charge in [-0.2, -0.15) is 54.4 Å². The summed E-state index contributed by atoms with van der Waals surface area (Å²) in [6.45, 7) is 5.31. The average Bonchev–Trinajstić information content (AvgIpc) is 1.62. The van der Waals surface area contributed by atoms with E-state index in [0.29, 0.717) is 41.0 Å². The summed E-state index contributed by atoms with van der Waals surface area (Å²) in [7, 11) is 0. The van der Waals surface area contributed by atoms with Crippen LogP contribution in [0.15, 0.2) is 300 Å². The number of nitrogens with zero attached hydrogens (tertiary/aromatic N) is 16. The summed E-state index contributed by atoms with van der Waals surface area (Å²) < 4.78 is 5.23. The highest BCUT2D eigenvalue weighted by molar-refractivity contribution is 7.08. The van der Waals surface area contributed by atoms with E-state index in [4.69, 9.17) is 24.4 Å². The molecule has 0 spiro atoms. The molecule has 2 amide bonds. The van der Waals surface area contributed by atoms with Gasteiger partial charge in [0.15, 0.2) is 23.3 Å². The number of furan rings is 1. The van der Waals surface area contributed by atoms with Gasteiger partial charge in [-0.1, -0.05) is 87.2 Å². The normalized spacial score (nSPS) is 12.8. The molecule has 0 bridgehead atoms. The minimum Gasteiger partial charge on any atom is -0.472 e. The molecule has 12 N–H and O–H groups in total. The number of fused-ring (bicyclic) bond motifs is 8. The fraction of sp³-hybridized carbons (Fsp3) is 0.143. The number of pyridine rings is 8. The molecule has 2 aliphatic rings. The second-order valence-corrected chi connectivity index (χ2v) is 38.7. The van der Waals surface area contributed by atoms with Gasteiger partial charge in [0.2, 0.25) is 11.8 Å². The third kappa shape index (κ3) is 19.1. The van der Waals surface area contributed by atoms with E-state index in [2.05, 4.69) is 251 Å². The lowest BCUT2D eigenvalue weighted by atomic mass is 10.0. The Morgan fingerprint density at radius 1 is 0.342 bits per heavy atom. The summed E-state index contributed by atoms with van der Waals surface area (Å²) >= 11 is 4.98. The maximum absolute atomic E-state index is 12.6. The first-order chi connectivity index (χ1) is 72.0. The van der Waals surface area contributed by atoms with Crippen LogP contribution in [-0.2, 0) is 29.2 Å². The number of hydrogen-bond donors (Lipinski definition) is 12. The van der Waals surface area contributed by atoms with Crippen molar-refractivity contribution >= 4 is 145 Å². The monoisotopic (exact) mass is 1970 g/mol. The zero-order chi connectivity index (χ0) is 97.8. The van der Waals surface area contributed by atoms with E-state index in [-0.39, 0.29) is 17.7 Å². The highest BCUT2D eigenvalue weighted by atomic mass is 32.1. The standard InChI is InChI=1S/C30H23N7S.C29H27N7S.C28H23N7OS.C25H19N7O2/c1-2-4-19(5-3-1)12-31-13-20-10-23(15-32-14-20)21-6-7-26-24(11-21)29(37-36-26)30-34-27-17-33-16-25(28(27)35-30)22-8-9-38-18-22;1-2-4-18(3-1)11-30-12-19-9-22(14-31-13-19)20-5-6-25-23(10-20)28(36-35-25)29-33-26-16-32-15-24(27(26)34-29)21-7-8-37-17-21;36-28(16-3-1-2-4-16)31-20-9-19(11-29-12-20)17-5-6-23-21(10-17)26(35-34-23)27-32-24-14-30-13-22(25(24)33-27)18-7-8-37-15-18;1-2-22(33)28-17-7-16(9-26-10-17)14-3-4-20-18(8-14)24(32-31-20)25-29-21-12-27-11-19(23(21)30-25)15-5-6-34-13-15/h1-11,14-18,31H,12-13H2,(H,34,35)(H,36,37);5-10,13-18,30H,1-4,11-12H2,(H,33,34)(H,35,36);5-16H,1-4H2,(H,31,36)(H,32,33)(H,34,35);3-13H,2H2,1H3,(H,28,33)(H,29,30)(H,31,32). The van der Waals surface area contributed by atoms with Crippen molar-refractivity contribution in [3.05, 3.63) is 312 Å². The van der Waals surface area contributed by atoms with Crippen LogP contribution in [-0.4, -0.2) is 139 Å². The minimum absolute atomic E-state index is 0.0549. The molecule has 0 atom stereocenters. The molecule has 2 fully saturated rings. The second kappa shape index (κ2) is 40.7. The van der Waals surface area contributed by atoms with E-state index in [9.17, 15) is 9.59 Å². The highest BCUT2D eigenvalue weighted by Gasteiger charge is 2.27. The predicted molar refractivity (Wildman–Crippen MR) is 577 cm³/mol. The molecule has 0 unspecified atom stereocenters. The summed E-state index contributed by atoms with van der Waals surface area (Å²) in [5.74, 6) is 3.72. The fourth-order valence-electron chi connectivity index (χ4n) is 19.3. The van der Waals surface area contributed by atoms with Crippen LogP contribution >= 0.6 is 34.0 Å². The first-order valence-corrected chi connectivity index (χ1v) is 51.1. The van der Waals surface area contributed by atoms with Crippen molar-refractivity contribution in [1.29, 1.82) is 0 Å². The van der Waals surface area contributed by atoms with Crippen molar-refractivity contribution in [2.24, 2.45) is 11.8 Å². The highest BCUT2D eigenvalue weighted by Crippen LogP contribution is 2.42. The Bertz CT molecular complexity index is 8990. The molecule has 146 heavy (non-hydrogen) atoms. The minimum atomic E-state index is -0.0549. The molecule has 20 aromatic heterocycles. The average molecular weight is 1970 g/mol. The summed E-state index contributed by atoms with van der Waals surface area (Å²) in [5.41, 5.74) is 34.9. The molecule has 20 heterocycles. The van der Waals surface area contributed by atoms with E-state index in [1.165, 1.54) is 36.8 Å². The van der Waals surface area contributed by atoms with Gasteiger partial charge in [-0.3, -0.25) is 69.9 Å². The van der Waals surface area contributed by atoms with Gasteiger partial charge in [0.05, 0.1) is 105 Å². The quantitative estimate of drug-likeness (QED) is 0.0267. The van der Waals surface area contributed by atoms with Gasteiger partial charge < -0.3 is 45.6 Å². The molecule has 31 nitrogen and oxygen atoms in total. The smallest absolute Gasteiger partial charge is 0.227 e. The molecular formula is C112H92N28O3S3. The third-order valence-corrected chi connectivity index (χ3v) is 28.8. The van der Waals surface area contributed by atoms with Crippen molar-refractivity contribution in [1.82, 2.24) is 131 Å². The number of rotatable bonds is 24. The Balaban J connectivity index is 0.000000104. The largest absolute Gasteiger partial charge is 0.472 e. The first-order valence-electron chi connectivity index (χ1n) is 48.3. The van der Waals surface area contributed by atoms with Crippen molar-refractivity contribution in [3.8, 4) is 135 Å². The van der Waals surface area contributed by atoms with Crippen LogP contribution in [0.25, 0.3) is 223 Å². The van der Waals surface area contributed by atoms with Gasteiger partial charge in [-0.25, -0.2) is 19.9 Å². The number of thiophene rings is 3. The van der Waals surface area contributed by atoms with Gasteiger partial charge in [0, 0.05) is 166 Å². The number of aromatic nitrogens is 24. The van der Waals surface area contributed by atoms with Gasteiger partial charge in [-0.05, 0) is 223 Å². The third-order valence-electron chi connectivity index (χ3n) is 26.8. The molecule has 716 valence electrons. The van der Waals surface area contributed by atoms with Gasteiger partial charge >= 0.3 is 0 Å². The van der Waals surface area contributed by atoms with Crippen LogP contribution in [0.4, 0.5) is 11.4 Å². The zero-order valence-electron chi connectivity index (χ0n) is 78.7. The molecular weight excluding hydrogens is 1880 g/mol. The number of H-pyrrole nitrogens is 8. The Kier molecular flexibility index (Phi) is 25.3. The van der Waals surface area contributed by atoms with Crippen molar-refractivity contribution in [3.63, 3.8) is 0 Å². The number of imidazole rings is 4. The molecule has 5 aromatic carbocycles. The number of aromatic amines is 8. The first kappa shape index (κ1) is 90.8. The number of hydrogen-bond acceptors (Lipinski definition) is 24. The SMILES string of the molecule is CCC(=O)Nc1cncc(-c2ccc3[nH]nc(-c4nc5c(-c6ccoc6)cncc5[nH]4)c3c2)c1.O=C(Nc1cncc(-c2ccc3[nH]nc(-c4nc5c(-c6ccsc6)cncc5[nH]4)c3c2)c1)C1CCCC1.c1cc(-c2cncc3[nH]c(-c4n[nH]c5ccc(-c6cncc(CNCC7CCCC7)c6)cc45)nc23)cs1.c1ccc(CNCc2cncc(-c3ccc4[nH]nc(-c5nc6c(-c7ccsc7)cncc6[nH]5)c4c3)c2)cc1. The number of carbonyl (C=O) groups is 2. The summed E-state index contributed by atoms with van der Waals surface area (Å²) in [4.78, 5) is 92.9. The summed E-state index contributed by atoms with van der Waals surface area (Å²) in [5, 5.41) is 60.3. The van der Waals surface area contributed by atoms with Crippen LogP contribution < -0.4 is 21.3 Å². The summed E-state index contributed by atoms with van der Waals surface area (Å²) in [6.07, 6.45) is 42.5. The predicted octanol–water partition coefficient (Wildman–Crippen LogP) is 24.7.